The van der Waals surface area contributed by atoms with E-state index < -0.39 is 17.9 Å². The number of benzene rings is 2. The lowest BCUT2D eigenvalue weighted by Gasteiger charge is -2.30. The number of aryl methyl sites for hydroxylation is 1. The van der Waals surface area contributed by atoms with Crippen molar-refractivity contribution in [3.63, 3.8) is 0 Å². The van der Waals surface area contributed by atoms with Crippen LogP contribution in [0.2, 0.25) is 0 Å². The van der Waals surface area contributed by atoms with Gasteiger partial charge >= 0.3 is 11.9 Å². The lowest BCUT2D eigenvalue weighted by molar-refractivity contribution is -0.140. The third-order valence-corrected chi connectivity index (χ3v) is 5.78. The van der Waals surface area contributed by atoms with Crippen LogP contribution >= 0.6 is 0 Å². The van der Waals surface area contributed by atoms with Gasteiger partial charge in [-0.2, -0.15) is 5.26 Å². The van der Waals surface area contributed by atoms with Crippen LogP contribution in [0.25, 0.3) is 0 Å². The van der Waals surface area contributed by atoms with Gasteiger partial charge in [-0.15, -0.1) is 0 Å². The first-order valence-electron chi connectivity index (χ1n) is 11.5. The van der Waals surface area contributed by atoms with Crippen molar-refractivity contribution in [3.05, 3.63) is 88.3 Å². The zero-order valence-electron chi connectivity index (χ0n) is 20.3. The minimum Gasteiger partial charge on any atom is -0.497 e. The van der Waals surface area contributed by atoms with Crippen molar-refractivity contribution in [2.24, 2.45) is 0 Å². The van der Waals surface area contributed by atoms with Crippen LogP contribution in [0, 0.1) is 11.3 Å². The number of hydrogen-bond acceptors (Lipinski definition) is 7. The number of allylic oxidation sites excluding steroid dienone is 2. The molecule has 7 nitrogen and oxygen atoms in total. The number of hydrogen-bond donors (Lipinski definition) is 1. The van der Waals surface area contributed by atoms with Crippen LogP contribution in [0.15, 0.2) is 77.1 Å². The first-order valence-corrected chi connectivity index (χ1v) is 11.5. The van der Waals surface area contributed by atoms with Crippen molar-refractivity contribution in [2.75, 3.05) is 20.3 Å². The topological polar surface area (TPSA) is 97.6 Å². The Morgan fingerprint density at radius 2 is 1.51 bits per heavy atom. The summed E-state index contributed by atoms with van der Waals surface area (Å²) >= 11 is 0. The molecule has 1 N–H and O–H groups in total. The first-order chi connectivity index (χ1) is 17.0. The first kappa shape index (κ1) is 25.6. The van der Waals surface area contributed by atoms with Crippen LogP contribution in [0.1, 0.15) is 43.7 Å². The van der Waals surface area contributed by atoms with Gasteiger partial charge in [-0.3, -0.25) is 0 Å². The highest BCUT2D eigenvalue weighted by atomic mass is 16.5. The van der Waals surface area contributed by atoms with E-state index in [1.807, 2.05) is 48.5 Å². The molecule has 0 spiro atoms. The van der Waals surface area contributed by atoms with E-state index in [1.54, 1.807) is 33.1 Å². The van der Waals surface area contributed by atoms with Gasteiger partial charge in [-0.05, 0) is 49.9 Å². The summed E-state index contributed by atoms with van der Waals surface area (Å²) in [5.74, 6) is -1.09. The van der Waals surface area contributed by atoms with E-state index in [2.05, 4.69) is 5.32 Å². The highest BCUT2D eigenvalue weighted by Gasteiger charge is 2.38. The van der Waals surface area contributed by atoms with Crippen LogP contribution < -0.4 is 10.1 Å². The Morgan fingerprint density at radius 1 is 0.914 bits per heavy atom. The second kappa shape index (κ2) is 12.4. The molecule has 0 radical (unpaired) electrons. The van der Waals surface area contributed by atoms with Crippen LogP contribution in [0.5, 0.6) is 5.75 Å². The Kier molecular flexibility index (Phi) is 9.08. The maximum atomic E-state index is 13.3. The number of carbonyl (C=O) groups is 2. The molecule has 1 heterocycles. The summed E-state index contributed by atoms with van der Waals surface area (Å²) in [5.41, 5.74) is 3.78. The summed E-state index contributed by atoms with van der Waals surface area (Å²) in [6.07, 6.45) is 1.56. The lowest BCUT2D eigenvalue weighted by atomic mass is 9.80. The zero-order valence-corrected chi connectivity index (χ0v) is 20.3. The molecule has 1 atom stereocenters. The fourth-order valence-electron chi connectivity index (χ4n) is 4.10. The van der Waals surface area contributed by atoms with E-state index in [0.717, 1.165) is 12.0 Å². The van der Waals surface area contributed by atoms with Crippen molar-refractivity contribution in [1.29, 1.82) is 5.26 Å². The zero-order chi connectivity index (χ0) is 25.2. The van der Waals surface area contributed by atoms with Crippen molar-refractivity contribution >= 4 is 11.9 Å². The third-order valence-electron chi connectivity index (χ3n) is 5.78. The van der Waals surface area contributed by atoms with Gasteiger partial charge in [0, 0.05) is 11.4 Å². The van der Waals surface area contributed by atoms with Gasteiger partial charge in [0.2, 0.25) is 0 Å². The Labute approximate surface area is 206 Å². The molecular weight excluding hydrogens is 444 g/mol. The van der Waals surface area contributed by atoms with Gasteiger partial charge in [0.25, 0.3) is 0 Å². The average molecular weight is 475 g/mol. The predicted octanol–water partition coefficient (Wildman–Crippen LogP) is 4.56. The number of nitriles is 1. The minimum absolute atomic E-state index is 0.0244. The Morgan fingerprint density at radius 3 is 2.09 bits per heavy atom. The number of carbonyl (C=O) groups excluding carboxylic acids is 2. The Balaban J connectivity index is 1.85. The van der Waals surface area contributed by atoms with Crippen molar-refractivity contribution in [3.8, 4) is 11.8 Å². The van der Waals surface area contributed by atoms with Gasteiger partial charge in [0.05, 0.1) is 43.3 Å². The van der Waals surface area contributed by atoms with E-state index >= 15 is 0 Å². The monoisotopic (exact) mass is 474 g/mol. The van der Waals surface area contributed by atoms with E-state index in [0.29, 0.717) is 34.7 Å². The largest absolute Gasteiger partial charge is 0.497 e. The molecule has 0 saturated heterocycles. The summed E-state index contributed by atoms with van der Waals surface area (Å²) < 4.78 is 16.3. The molecule has 1 aliphatic rings. The Bertz CT molecular complexity index is 1140. The molecule has 35 heavy (non-hydrogen) atoms. The van der Waals surface area contributed by atoms with E-state index in [9.17, 15) is 9.59 Å². The smallest absolute Gasteiger partial charge is 0.336 e. The number of esters is 2. The Hall–Kier alpha value is -4.05. The molecule has 0 aromatic heterocycles. The van der Waals surface area contributed by atoms with Crippen LogP contribution in [0.4, 0.5) is 0 Å². The van der Waals surface area contributed by atoms with Crippen LogP contribution in [-0.4, -0.2) is 32.3 Å². The maximum absolute atomic E-state index is 13.3. The average Bonchev–Trinajstić information content (AvgIpc) is 2.86. The third kappa shape index (κ3) is 6.51. The molecular formula is C28H30N2O5. The highest BCUT2D eigenvalue weighted by molar-refractivity contribution is 5.99. The molecule has 0 amide bonds. The molecule has 3 rings (SSSR count). The molecule has 1 unspecified atom stereocenters. The van der Waals surface area contributed by atoms with E-state index in [-0.39, 0.29) is 19.6 Å². The fourth-order valence-corrected chi connectivity index (χ4v) is 4.10. The number of methoxy groups -OCH3 is 1. The van der Waals surface area contributed by atoms with Crippen molar-refractivity contribution in [1.82, 2.24) is 5.32 Å². The predicted molar refractivity (Wildman–Crippen MR) is 131 cm³/mol. The molecule has 0 aliphatic carbocycles. The molecule has 2 aromatic carbocycles. The summed E-state index contributed by atoms with van der Waals surface area (Å²) in [7, 11) is 1.57. The van der Waals surface area contributed by atoms with Gasteiger partial charge in [0.1, 0.15) is 12.4 Å². The maximum Gasteiger partial charge on any atom is 0.336 e. The van der Waals surface area contributed by atoms with Gasteiger partial charge in [-0.1, -0.05) is 42.5 Å². The van der Waals surface area contributed by atoms with Crippen molar-refractivity contribution in [2.45, 2.75) is 39.0 Å². The fraction of sp³-hybridized carbons (Fsp3) is 0.321. The number of dihydropyridines is 1. The summed E-state index contributed by atoms with van der Waals surface area (Å²) in [6.45, 7) is 3.79. The van der Waals surface area contributed by atoms with Crippen LogP contribution in [-0.2, 0) is 25.5 Å². The molecule has 182 valence electrons. The minimum atomic E-state index is -0.682. The van der Waals surface area contributed by atoms with Gasteiger partial charge in [-0.25, -0.2) is 9.59 Å². The van der Waals surface area contributed by atoms with Gasteiger partial charge in [0.15, 0.2) is 0 Å². The van der Waals surface area contributed by atoms with E-state index in [4.69, 9.17) is 19.5 Å². The number of nitrogens with zero attached hydrogens (tertiary/aromatic N) is 1. The standard InChI is InChI=1S/C28H30N2O5/c1-19-24(27(31)34-17-7-11-21-9-5-4-6-10-21)26(22-12-14-23(33-3)15-13-22)25(20(2)30-19)28(32)35-18-8-16-29/h4-6,9-10,12-15,26,30H,7-8,11,17-18H2,1-3H3. The SMILES string of the molecule is COc1ccc(C2C(C(=O)OCCC#N)=C(C)NC(C)=C2C(=O)OCCCc2ccccc2)cc1. The summed E-state index contributed by atoms with van der Waals surface area (Å²) in [4.78, 5) is 26.4. The number of nitrogens with one attached hydrogen (secondary N) is 1. The number of rotatable bonds is 10. The molecule has 7 heteroatoms. The number of ether oxygens (including phenoxy) is 3. The lowest BCUT2D eigenvalue weighted by Crippen LogP contribution is -2.32. The van der Waals surface area contributed by atoms with E-state index in [1.165, 1.54) is 5.56 Å². The van der Waals surface area contributed by atoms with Crippen LogP contribution in [0.3, 0.4) is 0 Å². The highest BCUT2D eigenvalue weighted by Crippen LogP contribution is 2.39. The second-order valence-electron chi connectivity index (χ2n) is 8.18. The molecule has 2 aromatic rings. The normalized spacial score (nSPS) is 15.2. The molecule has 1 aliphatic heterocycles. The molecule has 0 saturated carbocycles. The molecule has 0 fully saturated rings. The van der Waals surface area contributed by atoms with Gasteiger partial charge < -0.3 is 19.5 Å². The second-order valence-corrected chi connectivity index (χ2v) is 8.18. The summed E-state index contributed by atoms with van der Waals surface area (Å²) in [6, 6.07) is 19.2. The van der Waals surface area contributed by atoms with Crippen molar-refractivity contribution < 1.29 is 23.8 Å². The summed E-state index contributed by atoms with van der Waals surface area (Å²) in [5, 5.41) is 11.9. The quantitative estimate of drug-likeness (QED) is 0.398. The molecule has 0 bridgehead atoms.